The minimum Gasteiger partial charge on any atom is -0.497 e. The maximum Gasteiger partial charge on any atom is 0.315 e. The highest BCUT2D eigenvalue weighted by Gasteiger charge is 2.16. The highest BCUT2D eigenvalue weighted by atomic mass is 16.5. The van der Waals surface area contributed by atoms with Crippen molar-refractivity contribution in [2.75, 3.05) is 32.6 Å². The maximum absolute atomic E-state index is 12.1. The smallest absolute Gasteiger partial charge is 0.315 e. The lowest BCUT2D eigenvalue weighted by Crippen LogP contribution is -2.44. The average Bonchev–Trinajstić information content (AvgIpc) is 2.69. The molecule has 0 saturated heterocycles. The van der Waals surface area contributed by atoms with Gasteiger partial charge in [-0.05, 0) is 37.1 Å². The Balaban J connectivity index is 1.64. The first-order valence-corrected chi connectivity index (χ1v) is 9.70. The number of nitrogens with one attached hydrogen (secondary N) is 3. The number of anilines is 1. The van der Waals surface area contributed by atoms with Crippen molar-refractivity contribution in [3.63, 3.8) is 0 Å². The van der Waals surface area contributed by atoms with Gasteiger partial charge in [-0.25, -0.2) is 4.79 Å². The lowest BCUT2D eigenvalue weighted by Gasteiger charge is -2.23. The Kier molecular flexibility index (Phi) is 8.58. The third kappa shape index (κ3) is 7.46. The summed E-state index contributed by atoms with van der Waals surface area (Å²) in [5.74, 6) is 0.206. The number of hydrogen-bond acceptors (Lipinski definition) is 4. The molecule has 0 atom stereocenters. The van der Waals surface area contributed by atoms with E-state index in [2.05, 4.69) is 16.0 Å². The largest absolute Gasteiger partial charge is 0.497 e. The molecule has 4 amide bonds. The summed E-state index contributed by atoms with van der Waals surface area (Å²) < 4.78 is 5.07. The number of nitrogens with zero attached hydrogens (tertiary/aromatic N) is 1. The monoisotopic (exact) mass is 390 g/mol. The van der Waals surface area contributed by atoms with E-state index in [4.69, 9.17) is 4.74 Å². The molecule has 1 aliphatic rings. The number of likely N-dealkylation sites (N-methyl/N-ethyl adjacent to an activating group) is 1. The van der Waals surface area contributed by atoms with Crippen molar-refractivity contribution in [2.45, 2.75) is 44.6 Å². The molecule has 1 aliphatic carbocycles. The number of rotatable bonds is 8. The molecule has 8 nitrogen and oxygen atoms in total. The van der Waals surface area contributed by atoms with Crippen LogP contribution in [0.2, 0.25) is 0 Å². The van der Waals surface area contributed by atoms with Gasteiger partial charge in [-0.2, -0.15) is 0 Å². The molecule has 154 valence electrons. The highest BCUT2D eigenvalue weighted by Crippen LogP contribution is 2.17. The summed E-state index contributed by atoms with van der Waals surface area (Å²) in [6, 6.07) is 6.94. The van der Waals surface area contributed by atoms with Gasteiger partial charge in [0.25, 0.3) is 0 Å². The second-order valence-corrected chi connectivity index (χ2v) is 7.01. The topological polar surface area (TPSA) is 99.8 Å². The van der Waals surface area contributed by atoms with E-state index in [1.54, 1.807) is 38.4 Å². The molecule has 8 heteroatoms. The summed E-state index contributed by atoms with van der Waals surface area (Å²) in [4.78, 5) is 37.4. The van der Waals surface area contributed by atoms with Gasteiger partial charge in [0.05, 0.1) is 13.7 Å². The number of carbonyl (C=O) groups excluding carboxylic acids is 3. The Morgan fingerprint density at radius 2 is 1.79 bits per heavy atom. The van der Waals surface area contributed by atoms with E-state index in [1.165, 1.54) is 11.3 Å². The van der Waals surface area contributed by atoms with E-state index in [9.17, 15) is 14.4 Å². The highest BCUT2D eigenvalue weighted by molar-refractivity contribution is 5.94. The number of ether oxygens (including phenoxy) is 1. The zero-order valence-corrected chi connectivity index (χ0v) is 16.6. The van der Waals surface area contributed by atoms with Gasteiger partial charge in [-0.1, -0.05) is 19.3 Å². The van der Waals surface area contributed by atoms with E-state index in [0.717, 1.165) is 25.7 Å². The molecular weight excluding hydrogens is 360 g/mol. The first-order chi connectivity index (χ1) is 13.5. The van der Waals surface area contributed by atoms with Crippen LogP contribution in [0.15, 0.2) is 24.3 Å². The number of methoxy groups -OCH3 is 1. The molecule has 2 rings (SSSR count). The maximum atomic E-state index is 12.1. The summed E-state index contributed by atoms with van der Waals surface area (Å²) in [7, 11) is 3.14. The summed E-state index contributed by atoms with van der Waals surface area (Å²) in [6.07, 6.45) is 5.69. The normalized spacial score (nSPS) is 14.1. The van der Waals surface area contributed by atoms with E-state index in [1.807, 2.05) is 0 Å². The van der Waals surface area contributed by atoms with Crippen LogP contribution in [0.4, 0.5) is 10.5 Å². The predicted molar refractivity (Wildman–Crippen MR) is 107 cm³/mol. The van der Waals surface area contributed by atoms with Crippen LogP contribution in [-0.4, -0.2) is 56.0 Å². The molecule has 0 bridgehead atoms. The van der Waals surface area contributed by atoms with Crippen LogP contribution in [0, 0.1) is 0 Å². The zero-order chi connectivity index (χ0) is 20.4. The summed E-state index contributed by atoms with van der Waals surface area (Å²) >= 11 is 0. The first kappa shape index (κ1) is 21.5. The Labute approximate surface area is 166 Å². The Morgan fingerprint density at radius 1 is 1.11 bits per heavy atom. The fraction of sp³-hybridized carbons (Fsp3) is 0.550. The van der Waals surface area contributed by atoms with Gasteiger partial charge in [0.2, 0.25) is 11.8 Å². The average molecular weight is 390 g/mol. The minimum absolute atomic E-state index is 0.0564. The SMILES string of the molecule is COc1ccc(NC(=O)CN(C)C(=O)CCNC(=O)NC2CCCCC2)cc1. The molecule has 3 N–H and O–H groups in total. The van der Waals surface area contributed by atoms with Gasteiger partial charge in [-0.3, -0.25) is 9.59 Å². The lowest BCUT2D eigenvalue weighted by molar-refractivity contribution is -0.133. The van der Waals surface area contributed by atoms with E-state index < -0.39 is 0 Å². The standard InChI is InChI=1S/C20H30N4O4/c1-24(14-18(25)22-16-8-10-17(28-2)11-9-16)19(26)12-13-21-20(27)23-15-6-4-3-5-7-15/h8-11,15H,3-7,12-14H2,1-2H3,(H,22,25)(H2,21,23,27). The van der Waals surface area contributed by atoms with Crippen molar-refractivity contribution < 1.29 is 19.1 Å². The number of carbonyl (C=O) groups is 3. The quantitative estimate of drug-likeness (QED) is 0.633. The molecule has 1 aromatic rings. The number of amides is 4. The number of urea groups is 1. The van der Waals surface area contributed by atoms with Crippen molar-refractivity contribution >= 4 is 23.5 Å². The molecule has 1 aromatic carbocycles. The third-order valence-corrected chi connectivity index (χ3v) is 4.75. The molecule has 0 heterocycles. The zero-order valence-electron chi connectivity index (χ0n) is 16.6. The van der Waals surface area contributed by atoms with Crippen LogP contribution in [0.5, 0.6) is 5.75 Å². The van der Waals surface area contributed by atoms with Crippen LogP contribution >= 0.6 is 0 Å². The Bertz CT molecular complexity index is 657. The van der Waals surface area contributed by atoms with Crippen molar-refractivity contribution in [1.82, 2.24) is 15.5 Å². The second kappa shape index (κ2) is 11.2. The summed E-state index contributed by atoms with van der Waals surface area (Å²) in [5, 5.41) is 8.38. The van der Waals surface area contributed by atoms with Gasteiger partial charge in [0, 0.05) is 31.7 Å². The van der Waals surface area contributed by atoms with Gasteiger partial charge < -0.3 is 25.6 Å². The third-order valence-electron chi connectivity index (χ3n) is 4.75. The fourth-order valence-corrected chi connectivity index (χ4v) is 3.14. The molecule has 1 fully saturated rings. The van der Waals surface area contributed by atoms with Crippen molar-refractivity contribution in [2.24, 2.45) is 0 Å². The first-order valence-electron chi connectivity index (χ1n) is 9.70. The van der Waals surface area contributed by atoms with E-state index in [-0.39, 0.29) is 43.4 Å². The summed E-state index contributed by atoms with van der Waals surface area (Å²) in [5.41, 5.74) is 0.632. The van der Waals surface area contributed by atoms with Crippen molar-refractivity contribution in [3.05, 3.63) is 24.3 Å². The molecular formula is C20H30N4O4. The van der Waals surface area contributed by atoms with Crippen LogP contribution in [0.3, 0.4) is 0 Å². The van der Waals surface area contributed by atoms with Gasteiger partial charge in [-0.15, -0.1) is 0 Å². The Morgan fingerprint density at radius 3 is 2.43 bits per heavy atom. The number of benzene rings is 1. The van der Waals surface area contributed by atoms with Crippen LogP contribution in [0.1, 0.15) is 38.5 Å². The molecule has 28 heavy (non-hydrogen) atoms. The van der Waals surface area contributed by atoms with Crippen LogP contribution in [-0.2, 0) is 9.59 Å². The van der Waals surface area contributed by atoms with E-state index >= 15 is 0 Å². The predicted octanol–water partition coefficient (Wildman–Crippen LogP) is 2.11. The summed E-state index contributed by atoms with van der Waals surface area (Å²) in [6.45, 7) is 0.182. The lowest BCUT2D eigenvalue weighted by atomic mass is 9.96. The molecule has 0 unspecified atom stereocenters. The second-order valence-electron chi connectivity index (χ2n) is 7.01. The van der Waals surface area contributed by atoms with Gasteiger partial charge >= 0.3 is 6.03 Å². The minimum atomic E-state index is -0.288. The van der Waals surface area contributed by atoms with E-state index in [0.29, 0.717) is 11.4 Å². The van der Waals surface area contributed by atoms with Crippen molar-refractivity contribution in [3.8, 4) is 5.75 Å². The van der Waals surface area contributed by atoms with Gasteiger partial charge in [0.15, 0.2) is 0 Å². The van der Waals surface area contributed by atoms with Crippen LogP contribution < -0.4 is 20.7 Å². The van der Waals surface area contributed by atoms with Gasteiger partial charge in [0.1, 0.15) is 5.75 Å². The fourth-order valence-electron chi connectivity index (χ4n) is 3.14. The van der Waals surface area contributed by atoms with Crippen LogP contribution in [0.25, 0.3) is 0 Å². The van der Waals surface area contributed by atoms with Crippen molar-refractivity contribution in [1.29, 1.82) is 0 Å². The molecule has 0 spiro atoms. The Hall–Kier alpha value is -2.77. The number of hydrogen-bond donors (Lipinski definition) is 3. The molecule has 0 aliphatic heterocycles. The molecule has 0 aromatic heterocycles. The molecule has 1 saturated carbocycles. The molecule has 0 radical (unpaired) electrons.